The summed E-state index contributed by atoms with van der Waals surface area (Å²) in [6.07, 6.45) is 4.15. The van der Waals surface area contributed by atoms with E-state index >= 15 is 0 Å². The Kier molecular flexibility index (Phi) is 13.2. The number of para-hydroxylation sites is 1. The zero-order valence-corrected chi connectivity index (χ0v) is 28.1. The minimum absolute atomic E-state index is 0.254. The zero-order chi connectivity index (χ0) is 33.0. The number of nitrogens with zero attached hydrogens (tertiary/aromatic N) is 1. The Labute approximate surface area is 269 Å². The van der Waals surface area contributed by atoms with Crippen molar-refractivity contribution >= 4 is 23.6 Å². The largest absolute Gasteiger partial charge is 0.444 e. The van der Waals surface area contributed by atoms with Gasteiger partial charge in [-0.3, -0.25) is 9.59 Å². The molecule has 2 atom stereocenters. The first-order valence-corrected chi connectivity index (χ1v) is 16.2. The van der Waals surface area contributed by atoms with Crippen LogP contribution in [0.2, 0.25) is 0 Å². The molecule has 2 N–H and O–H groups in total. The lowest BCUT2D eigenvalue weighted by molar-refractivity contribution is -0.140. The molecule has 0 saturated carbocycles. The Morgan fingerprint density at radius 1 is 0.800 bits per heavy atom. The predicted octanol–water partition coefficient (Wildman–Crippen LogP) is 8.09. The number of ether oxygens (including phenoxy) is 1. The summed E-state index contributed by atoms with van der Waals surface area (Å²) in [5.41, 5.74) is 4.64. The molecule has 7 nitrogen and oxygen atoms in total. The smallest absolute Gasteiger partial charge is 0.408 e. The molecule has 3 amide bonds. The molecule has 0 aliphatic heterocycles. The first-order chi connectivity index (χ1) is 21.4. The molecule has 0 bridgehead atoms. The third kappa shape index (κ3) is 10.8. The molecule has 0 aliphatic carbocycles. The molecule has 3 aromatic rings. The number of rotatable bonds is 14. The summed E-state index contributed by atoms with van der Waals surface area (Å²) in [6, 6.07) is 21.5. The lowest BCUT2D eigenvalue weighted by Gasteiger charge is -2.35. The predicted molar refractivity (Wildman–Crippen MR) is 182 cm³/mol. The molecule has 45 heavy (non-hydrogen) atoms. The molecule has 2 unspecified atom stereocenters. The molecule has 242 valence electrons. The number of carbonyl (C=O) groups is 3. The van der Waals surface area contributed by atoms with Crippen LogP contribution in [0.5, 0.6) is 0 Å². The van der Waals surface area contributed by atoms with E-state index in [1.807, 2.05) is 86.6 Å². The normalized spacial score (nSPS) is 12.6. The fraction of sp³-hybridized carbons (Fsp3) is 0.447. The van der Waals surface area contributed by atoms with Gasteiger partial charge in [-0.1, -0.05) is 106 Å². The minimum atomic E-state index is -0.946. The van der Waals surface area contributed by atoms with Gasteiger partial charge in [0.2, 0.25) is 5.91 Å². The van der Waals surface area contributed by atoms with Crippen LogP contribution < -0.4 is 10.6 Å². The highest BCUT2D eigenvalue weighted by Crippen LogP contribution is 2.28. The highest BCUT2D eigenvalue weighted by Gasteiger charge is 2.36. The maximum absolute atomic E-state index is 14.7. The summed E-state index contributed by atoms with van der Waals surface area (Å²) in [5, 5.41) is 6.01. The Bertz CT molecular complexity index is 1380. The van der Waals surface area contributed by atoms with Crippen molar-refractivity contribution < 1.29 is 19.1 Å². The van der Waals surface area contributed by atoms with Gasteiger partial charge in [-0.2, -0.15) is 0 Å². The van der Waals surface area contributed by atoms with E-state index in [9.17, 15) is 14.4 Å². The number of carbonyl (C=O) groups excluding carboxylic acids is 3. The third-order valence-electron chi connectivity index (χ3n) is 7.80. The van der Waals surface area contributed by atoms with E-state index in [1.54, 1.807) is 25.7 Å². The van der Waals surface area contributed by atoms with Gasteiger partial charge in [0.1, 0.15) is 17.7 Å². The van der Waals surface area contributed by atoms with Crippen LogP contribution in [0.3, 0.4) is 0 Å². The SMILES string of the molecule is CCCCCCN(C(=O)C(Cc1ccccc1)NC(=O)OC(C)(C)C)C(C(=O)Nc1c(C)cccc1C)c1ccc(CC)cc1. The topological polar surface area (TPSA) is 87.7 Å². The van der Waals surface area contributed by atoms with Crippen molar-refractivity contribution in [2.24, 2.45) is 0 Å². The first-order valence-electron chi connectivity index (χ1n) is 16.2. The molecule has 0 heterocycles. The molecular weight excluding hydrogens is 562 g/mol. The Balaban J connectivity index is 2.10. The van der Waals surface area contributed by atoms with Gasteiger partial charge >= 0.3 is 6.09 Å². The molecule has 0 aliphatic rings. The maximum Gasteiger partial charge on any atom is 0.408 e. The summed E-state index contributed by atoms with van der Waals surface area (Å²) in [5.74, 6) is -0.626. The van der Waals surface area contributed by atoms with Crippen LogP contribution in [0.1, 0.15) is 94.2 Å². The van der Waals surface area contributed by atoms with Crippen LogP contribution in [0.25, 0.3) is 0 Å². The molecule has 7 heteroatoms. The van der Waals surface area contributed by atoms with Crippen LogP contribution in [-0.4, -0.2) is 41.0 Å². The molecule has 0 spiro atoms. The maximum atomic E-state index is 14.7. The number of unbranched alkanes of at least 4 members (excludes halogenated alkanes) is 3. The number of aryl methyl sites for hydroxylation is 3. The van der Waals surface area contributed by atoms with Crippen molar-refractivity contribution in [1.82, 2.24) is 10.2 Å². The van der Waals surface area contributed by atoms with Gasteiger partial charge in [0.05, 0.1) is 0 Å². The molecule has 0 aromatic heterocycles. The lowest BCUT2D eigenvalue weighted by atomic mass is 9.98. The number of hydrogen-bond acceptors (Lipinski definition) is 4. The Hall–Kier alpha value is -4.13. The third-order valence-corrected chi connectivity index (χ3v) is 7.80. The number of anilines is 1. The second-order valence-electron chi connectivity index (χ2n) is 12.7. The van der Waals surface area contributed by atoms with Gasteiger partial charge in [0.15, 0.2) is 0 Å². The van der Waals surface area contributed by atoms with Crippen LogP contribution in [0, 0.1) is 13.8 Å². The van der Waals surface area contributed by atoms with E-state index in [-0.39, 0.29) is 18.2 Å². The highest BCUT2D eigenvalue weighted by atomic mass is 16.6. The van der Waals surface area contributed by atoms with Gasteiger partial charge in [0.25, 0.3) is 5.91 Å². The average Bonchev–Trinajstić information content (AvgIpc) is 2.99. The van der Waals surface area contributed by atoms with Crippen molar-refractivity contribution in [3.05, 3.63) is 101 Å². The van der Waals surface area contributed by atoms with Gasteiger partial charge in [0, 0.05) is 18.7 Å². The van der Waals surface area contributed by atoms with Gasteiger partial charge in [-0.25, -0.2) is 4.79 Å². The summed E-state index contributed by atoms with van der Waals surface area (Å²) in [6.45, 7) is 13.9. The lowest BCUT2D eigenvalue weighted by Crippen LogP contribution is -2.53. The van der Waals surface area contributed by atoms with E-state index < -0.39 is 23.8 Å². The van der Waals surface area contributed by atoms with Crippen LogP contribution >= 0.6 is 0 Å². The molecule has 0 saturated heterocycles. The Morgan fingerprint density at radius 2 is 1.44 bits per heavy atom. The van der Waals surface area contributed by atoms with Crippen molar-refractivity contribution in [3.8, 4) is 0 Å². The van der Waals surface area contributed by atoms with E-state index in [0.29, 0.717) is 6.54 Å². The van der Waals surface area contributed by atoms with Gasteiger partial charge < -0.3 is 20.3 Å². The number of hydrogen-bond donors (Lipinski definition) is 2. The molecule has 3 rings (SSSR count). The quantitative estimate of drug-likeness (QED) is 0.180. The second kappa shape index (κ2) is 16.8. The van der Waals surface area contributed by atoms with Crippen molar-refractivity contribution in [1.29, 1.82) is 0 Å². The van der Waals surface area contributed by atoms with Gasteiger partial charge in [-0.15, -0.1) is 0 Å². The molecule has 0 fully saturated rings. The average molecular weight is 614 g/mol. The monoisotopic (exact) mass is 613 g/mol. The van der Waals surface area contributed by atoms with E-state index in [2.05, 4.69) is 24.5 Å². The summed E-state index contributed by atoms with van der Waals surface area (Å²) in [4.78, 5) is 43.8. The van der Waals surface area contributed by atoms with E-state index in [0.717, 1.165) is 65.6 Å². The number of alkyl carbamates (subject to hydrolysis) is 1. The zero-order valence-electron chi connectivity index (χ0n) is 28.1. The number of amides is 3. The van der Waals surface area contributed by atoms with E-state index in [4.69, 9.17) is 4.74 Å². The summed E-state index contributed by atoms with van der Waals surface area (Å²) < 4.78 is 5.57. The van der Waals surface area contributed by atoms with Gasteiger partial charge in [-0.05, 0) is 75.3 Å². The van der Waals surface area contributed by atoms with Crippen LogP contribution in [0.4, 0.5) is 10.5 Å². The minimum Gasteiger partial charge on any atom is -0.444 e. The van der Waals surface area contributed by atoms with Crippen LogP contribution in [-0.2, 0) is 27.2 Å². The standard InChI is InChI=1S/C38H51N3O4/c1-8-10-11-15-25-41(36(43)32(26-30-19-13-12-14-20-30)39-37(44)45-38(5,6)7)34(31-23-21-29(9-2)22-24-31)35(42)40-33-27(3)17-16-18-28(33)4/h12-14,16-24,32,34H,8-11,15,25-26H2,1-7H3,(H,39,44)(H,40,42). The molecule has 3 aromatic carbocycles. The molecular formula is C38H51N3O4. The van der Waals surface area contributed by atoms with E-state index in [1.165, 1.54) is 0 Å². The van der Waals surface area contributed by atoms with Crippen LogP contribution in [0.15, 0.2) is 72.8 Å². The summed E-state index contributed by atoms with van der Waals surface area (Å²) in [7, 11) is 0. The van der Waals surface area contributed by atoms with Crippen molar-refractivity contribution in [2.45, 2.75) is 105 Å². The summed E-state index contributed by atoms with van der Waals surface area (Å²) >= 11 is 0. The first kappa shape index (κ1) is 35.4. The number of benzene rings is 3. The fourth-order valence-corrected chi connectivity index (χ4v) is 5.39. The second-order valence-corrected chi connectivity index (χ2v) is 12.7. The van der Waals surface area contributed by atoms with Crippen molar-refractivity contribution in [2.75, 3.05) is 11.9 Å². The van der Waals surface area contributed by atoms with Crippen molar-refractivity contribution in [3.63, 3.8) is 0 Å². The fourth-order valence-electron chi connectivity index (χ4n) is 5.39. The number of nitrogens with one attached hydrogen (secondary N) is 2. The molecule has 0 radical (unpaired) electrons. The Morgan fingerprint density at radius 3 is 2.02 bits per heavy atom. The highest BCUT2D eigenvalue weighted by molar-refractivity contribution is 6.00.